The van der Waals surface area contributed by atoms with Crippen molar-refractivity contribution in [2.75, 3.05) is 50.6 Å². The molecule has 0 amide bonds. The largest absolute Gasteiger partial charge is 0.464 e. The summed E-state index contributed by atoms with van der Waals surface area (Å²) in [6.07, 6.45) is 3.53. The lowest BCUT2D eigenvalue weighted by molar-refractivity contribution is -0.136. The van der Waals surface area contributed by atoms with E-state index in [1.54, 1.807) is 18.7 Å². The first-order valence-corrected chi connectivity index (χ1v) is 13.9. The van der Waals surface area contributed by atoms with Gasteiger partial charge in [0.15, 0.2) is 16.5 Å². The fraction of sp³-hybridized carbons (Fsp3) is 0.552. The van der Waals surface area contributed by atoms with E-state index < -0.39 is 11.9 Å². The van der Waals surface area contributed by atoms with Gasteiger partial charge in [0.1, 0.15) is 0 Å². The molecular formula is C29H43N5O4S. The lowest BCUT2D eigenvalue weighted by atomic mass is 9.75. The molecule has 39 heavy (non-hydrogen) atoms. The molecule has 0 atom stereocenters. The normalized spacial score (nSPS) is 17.1. The third-order valence-electron chi connectivity index (χ3n) is 7.40. The van der Waals surface area contributed by atoms with Crippen LogP contribution in [0.25, 0.3) is 0 Å². The Bertz CT molecular complexity index is 1090. The maximum absolute atomic E-state index is 12.7. The molecule has 2 heterocycles. The monoisotopic (exact) mass is 557 g/mol. The summed E-state index contributed by atoms with van der Waals surface area (Å²) in [6.45, 7) is 14.7. The van der Waals surface area contributed by atoms with Gasteiger partial charge in [-0.2, -0.15) is 0 Å². The highest BCUT2D eigenvalue weighted by Crippen LogP contribution is 2.35. The Morgan fingerprint density at radius 3 is 2.18 bits per heavy atom. The fourth-order valence-electron chi connectivity index (χ4n) is 5.21. The van der Waals surface area contributed by atoms with Gasteiger partial charge in [0, 0.05) is 29.3 Å². The molecule has 2 aliphatic heterocycles. The van der Waals surface area contributed by atoms with Crippen molar-refractivity contribution in [2.24, 2.45) is 11.3 Å². The molecule has 0 radical (unpaired) electrons. The van der Waals surface area contributed by atoms with Crippen molar-refractivity contribution >= 4 is 40.6 Å². The summed E-state index contributed by atoms with van der Waals surface area (Å²) in [6, 6.07) is 7.34. The van der Waals surface area contributed by atoms with Gasteiger partial charge in [-0.15, -0.1) is 0 Å². The van der Waals surface area contributed by atoms with Gasteiger partial charge in [0.2, 0.25) is 0 Å². The van der Waals surface area contributed by atoms with Gasteiger partial charge < -0.3 is 30.3 Å². The van der Waals surface area contributed by atoms with Crippen LogP contribution in [0.4, 0.5) is 11.4 Å². The molecule has 0 saturated carbocycles. The van der Waals surface area contributed by atoms with Crippen LogP contribution in [0.2, 0.25) is 0 Å². The summed E-state index contributed by atoms with van der Waals surface area (Å²) < 4.78 is 10.0. The number of carbonyl (C=O) groups is 2. The van der Waals surface area contributed by atoms with E-state index in [0.29, 0.717) is 27.6 Å². The van der Waals surface area contributed by atoms with Crippen molar-refractivity contribution in [2.45, 2.75) is 53.9 Å². The summed E-state index contributed by atoms with van der Waals surface area (Å²) in [7, 11) is 2.61. The number of methoxy groups -OCH3 is 2. The third kappa shape index (κ3) is 7.73. The molecule has 3 N–H and O–H groups in total. The number of hydrogen-bond acceptors (Lipinski definition) is 8. The number of esters is 2. The molecule has 214 valence electrons. The predicted molar refractivity (Wildman–Crippen MR) is 159 cm³/mol. The zero-order valence-electron chi connectivity index (χ0n) is 24.3. The van der Waals surface area contributed by atoms with E-state index in [2.05, 4.69) is 41.6 Å². The number of likely N-dealkylation sites (tertiary alicyclic amines) is 1. The molecular weight excluding hydrogens is 514 g/mol. The highest BCUT2D eigenvalue weighted by atomic mass is 32.1. The molecule has 0 aromatic heterocycles. The average Bonchev–Trinajstić information content (AvgIpc) is 2.89. The molecule has 1 saturated heterocycles. The molecule has 0 bridgehead atoms. The minimum atomic E-state index is -0.577. The van der Waals surface area contributed by atoms with E-state index in [9.17, 15) is 9.59 Å². The molecule has 1 aromatic carbocycles. The second-order valence-electron chi connectivity index (χ2n) is 11.2. The van der Waals surface area contributed by atoms with Crippen molar-refractivity contribution < 1.29 is 19.1 Å². The lowest BCUT2D eigenvalue weighted by Gasteiger charge is -2.38. The number of piperidine rings is 1. The molecule has 2 aliphatic rings. The maximum Gasteiger partial charge on any atom is 0.356 e. The van der Waals surface area contributed by atoms with E-state index in [1.165, 1.54) is 27.1 Å². The number of nitrogens with one attached hydrogen (secondary N) is 3. The average molecular weight is 558 g/mol. The van der Waals surface area contributed by atoms with Crippen LogP contribution in [0.3, 0.4) is 0 Å². The van der Waals surface area contributed by atoms with Crippen LogP contribution in [0.5, 0.6) is 0 Å². The van der Waals surface area contributed by atoms with E-state index >= 15 is 0 Å². The number of allylic oxidation sites excluding steroid dienone is 2. The van der Waals surface area contributed by atoms with Crippen LogP contribution < -0.4 is 20.9 Å². The van der Waals surface area contributed by atoms with Crippen LogP contribution >= 0.6 is 12.2 Å². The van der Waals surface area contributed by atoms with Crippen molar-refractivity contribution in [1.29, 1.82) is 0 Å². The van der Waals surface area contributed by atoms with E-state index in [1.807, 2.05) is 24.3 Å². The highest BCUT2D eigenvalue weighted by molar-refractivity contribution is 7.80. The number of anilines is 2. The number of thiocarbonyl (C=S) groups is 1. The summed E-state index contributed by atoms with van der Waals surface area (Å²) in [5, 5.41) is 10.1. The molecule has 0 aliphatic carbocycles. The Morgan fingerprint density at radius 2 is 1.64 bits per heavy atom. The number of rotatable bonds is 8. The zero-order valence-corrected chi connectivity index (χ0v) is 25.1. The van der Waals surface area contributed by atoms with E-state index in [-0.39, 0.29) is 11.4 Å². The Kier molecular flexibility index (Phi) is 10.4. The molecule has 9 nitrogen and oxygen atoms in total. The molecule has 0 unspecified atom stereocenters. The maximum atomic E-state index is 12.7. The number of nitrogens with zero attached hydrogens (tertiary/aromatic N) is 2. The van der Waals surface area contributed by atoms with Crippen LogP contribution in [0, 0.1) is 11.3 Å². The summed E-state index contributed by atoms with van der Waals surface area (Å²) >= 11 is 5.54. The van der Waals surface area contributed by atoms with Gasteiger partial charge in [-0.1, -0.05) is 26.8 Å². The van der Waals surface area contributed by atoms with Crippen molar-refractivity contribution in [3.63, 3.8) is 0 Å². The first kappa shape index (κ1) is 30.4. The Hall–Kier alpha value is -3.11. The van der Waals surface area contributed by atoms with E-state index in [4.69, 9.17) is 21.7 Å². The van der Waals surface area contributed by atoms with Gasteiger partial charge in [-0.05, 0) is 94.5 Å². The van der Waals surface area contributed by atoms with Crippen LogP contribution in [0.1, 0.15) is 53.9 Å². The summed E-state index contributed by atoms with van der Waals surface area (Å²) in [5.74, 6) is -0.356. The molecule has 1 fully saturated rings. The van der Waals surface area contributed by atoms with Gasteiger partial charge in [0.25, 0.3) is 0 Å². The Morgan fingerprint density at radius 1 is 1.05 bits per heavy atom. The molecule has 3 rings (SSSR count). The highest BCUT2D eigenvalue weighted by Gasteiger charge is 2.35. The first-order chi connectivity index (χ1) is 18.5. The zero-order chi connectivity index (χ0) is 28.7. The topological polar surface area (TPSA) is 95.2 Å². The molecule has 10 heteroatoms. The lowest BCUT2D eigenvalue weighted by Crippen LogP contribution is -2.40. The van der Waals surface area contributed by atoms with Crippen molar-refractivity contribution in [3.05, 3.63) is 47.1 Å². The number of benzene rings is 1. The summed E-state index contributed by atoms with van der Waals surface area (Å²) in [5.41, 5.74) is 3.22. The van der Waals surface area contributed by atoms with Crippen LogP contribution in [-0.4, -0.2) is 62.3 Å². The first-order valence-electron chi connectivity index (χ1n) is 13.5. The standard InChI is InChI=1S/C29H43N5O4S/c1-19-24(26(35)37-6)34(25(20(2)31-19)27(36)38-7)23-11-8-10-22(18-23)32-28(39)30-14-9-15-33-16-12-21(13-17-33)29(3,4)5/h8,10-11,18,21,31H,9,12-17H2,1-7H3,(H2,30,32,39). The van der Waals surface area contributed by atoms with Crippen LogP contribution in [-0.2, 0) is 19.1 Å². The number of carbonyl (C=O) groups excluding carboxylic acids is 2. The summed E-state index contributed by atoms with van der Waals surface area (Å²) in [4.78, 5) is 29.5. The van der Waals surface area contributed by atoms with Gasteiger partial charge in [-0.25, -0.2) is 9.59 Å². The van der Waals surface area contributed by atoms with Gasteiger partial charge in [0.05, 0.1) is 14.2 Å². The SMILES string of the molecule is COC(=O)C1=C(C)NC(C)=C(C(=O)OC)N1c1cccc(NC(=S)NCCCN2CCC(C(C)(C)C)CC2)c1. The number of hydrogen-bond donors (Lipinski definition) is 3. The molecule has 1 aromatic rings. The second-order valence-corrected chi connectivity index (χ2v) is 11.6. The van der Waals surface area contributed by atoms with Crippen molar-refractivity contribution in [1.82, 2.24) is 15.5 Å². The molecule has 0 spiro atoms. The minimum absolute atomic E-state index is 0.202. The third-order valence-corrected chi connectivity index (χ3v) is 7.65. The predicted octanol–water partition coefficient (Wildman–Crippen LogP) is 4.34. The second kappa shape index (κ2) is 13.3. The van der Waals surface area contributed by atoms with E-state index in [0.717, 1.165) is 44.2 Å². The smallest absolute Gasteiger partial charge is 0.356 e. The number of ether oxygens (including phenoxy) is 2. The Balaban J connectivity index is 1.62. The van der Waals surface area contributed by atoms with Gasteiger partial charge in [-0.3, -0.25) is 4.90 Å². The fourth-order valence-corrected chi connectivity index (χ4v) is 5.43. The van der Waals surface area contributed by atoms with Crippen molar-refractivity contribution in [3.8, 4) is 0 Å². The van der Waals surface area contributed by atoms with Gasteiger partial charge >= 0.3 is 11.9 Å². The quantitative estimate of drug-likeness (QED) is 0.243. The Labute approximate surface area is 238 Å². The van der Waals surface area contributed by atoms with Crippen LogP contribution in [0.15, 0.2) is 47.1 Å². The minimum Gasteiger partial charge on any atom is -0.464 e.